The van der Waals surface area contributed by atoms with E-state index >= 15 is 0 Å². The van der Waals surface area contributed by atoms with E-state index in [-0.39, 0.29) is 5.97 Å². The minimum atomic E-state index is -0.833. The Labute approximate surface area is 77.0 Å². The van der Waals surface area contributed by atoms with Crippen LogP contribution in [-0.4, -0.2) is 30.3 Å². The van der Waals surface area contributed by atoms with Crippen molar-refractivity contribution in [3.8, 4) is 0 Å². The Kier molecular flexibility index (Phi) is 11.3. The normalized spacial score (nSPS) is 7.54. The van der Waals surface area contributed by atoms with E-state index in [9.17, 15) is 4.79 Å². The number of carboxylic acid groups (broad SMARTS) is 1. The van der Waals surface area contributed by atoms with Gasteiger partial charge in [0.1, 0.15) is 13.2 Å². The molecule has 1 N–H and O–H groups in total. The number of ether oxygens (including phenoxy) is 2. The van der Waals surface area contributed by atoms with Crippen LogP contribution in [0.4, 0.5) is 0 Å². The fourth-order valence-corrected chi connectivity index (χ4v) is 0.317. The third-order valence-electron chi connectivity index (χ3n) is 0.624. The van der Waals surface area contributed by atoms with Crippen LogP contribution in [0.15, 0.2) is 12.8 Å². The Morgan fingerprint density at radius 2 is 1.85 bits per heavy atom. The van der Waals surface area contributed by atoms with Gasteiger partial charge in [0.2, 0.25) is 0 Å². The van der Waals surface area contributed by atoms with Crippen molar-refractivity contribution >= 4 is 11.9 Å². The summed E-state index contributed by atoms with van der Waals surface area (Å²) in [6.45, 7) is 6.42. The lowest BCUT2D eigenvalue weighted by molar-refractivity contribution is -0.142. The van der Waals surface area contributed by atoms with Crippen molar-refractivity contribution in [3.05, 3.63) is 12.8 Å². The number of carboxylic acids is 1. The lowest BCUT2D eigenvalue weighted by atomic mass is 10.7. The summed E-state index contributed by atoms with van der Waals surface area (Å²) in [5, 5.41) is 7.42. The van der Waals surface area contributed by atoms with Crippen LogP contribution in [0, 0.1) is 0 Å². The third kappa shape index (κ3) is 37.5. The van der Waals surface area contributed by atoms with Gasteiger partial charge >= 0.3 is 5.97 Å². The maximum absolute atomic E-state index is 10.1. The number of rotatable bonds is 4. The Morgan fingerprint density at radius 1 is 1.38 bits per heavy atom. The van der Waals surface area contributed by atoms with Gasteiger partial charge in [-0.1, -0.05) is 6.58 Å². The zero-order valence-corrected chi connectivity index (χ0v) is 7.78. The molecule has 76 valence electrons. The number of carbonyl (C=O) groups is 2. The minimum Gasteiger partial charge on any atom is -0.498 e. The van der Waals surface area contributed by atoms with Crippen LogP contribution in [-0.2, 0) is 19.1 Å². The summed E-state index contributed by atoms with van der Waals surface area (Å²) in [7, 11) is 0. The van der Waals surface area contributed by atoms with Gasteiger partial charge in [-0.3, -0.25) is 9.59 Å². The molecule has 0 aliphatic heterocycles. The average Bonchev–Trinajstić information content (AvgIpc) is 1.97. The maximum atomic E-state index is 10.1. The predicted molar refractivity (Wildman–Crippen MR) is 46.1 cm³/mol. The smallest absolute Gasteiger partial charge is 0.302 e. The van der Waals surface area contributed by atoms with E-state index in [1.54, 1.807) is 0 Å². The van der Waals surface area contributed by atoms with Gasteiger partial charge in [-0.15, -0.1) is 0 Å². The van der Waals surface area contributed by atoms with Gasteiger partial charge in [0.05, 0.1) is 6.26 Å². The second-order valence-corrected chi connectivity index (χ2v) is 1.90. The van der Waals surface area contributed by atoms with E-state index in [0.29, 0.717) is 13.2 Å². The minimum absolute atomic E-state index is 0.289. The van der Waals surface area contributed by atoms with Gasteiger partial charge in [0, 0.05) is 13.8 Å². The van der Waals surface area contributed by atoms with E-state index in [1.807, 2.05) is 0 Å². The predicted octanol–water partition coefficient (Wildman–Crippen LogP) is 0.801. The summed E-state index contributed by atoms with van der Waals surface area (Å²) in [6, 6.07) is 0. The second kappa shape index (κ2) is 10.5. The van der Waals surface area contributed by atoms with Crippen molar-refractivity contribution in [1.29, 1.82) is 0 Å². The van der Waals surface area contributed by atoms with Crippen molar-refractivity contribution < 1.29 is 24.2 Å². The van der Waals surface area contributed by atoms with Crippen LogP contribution in [0.1, 0.15) is 13.8 Å². The highest BCUT2D eigenvalue weighted by Gasteiger charge is 1.89. The molecular formula is C8H14O5. The number of hydrogen-bond donors (Lipinski definition) is 1. The van der Waals surface area contributed by atoms with E-state index in [4.69, 9.17) is 9.90 Å². The Hall–Kier alpha value is -1.52. The molecule has 0 unspecified atom stereocenters. The quantitative estimate of drug-likeness (QED) is 0.403. The summed E-state index contributed by atoms with van der Waals surface area (Å²) >= 11 is 0. The lowest BCUT2D eigenvalue weighted by Crippen LogP contribution is -2.04. The van der Waals surface area contributed by atoms with Gasteiger partial charge in [0.25, 0.3) is 5.97 Å². The van der Waals surface area contributed by atoms with E-state index in [2.05, 4.69) is 16.1 Å². The van der Waals surface area contributed by atoms with Crippen LogP contribution < -0.4 is 0 Å². The van der Waals surface area contributed by atoms with Crippen LogP contribution in [0.5, 0.6) is 0 Å². The van der Waals surface area contributed by atoms with Crippen LogP contribution in [0.25, 0.3) is 0 Å². The first-order chi connectivity index (χ1) is 6.00. The molecule has 0 aromatic carbocycles. The molecule has 0 spiro atoms. The molecule has 0 rings (SSSR count). The molecule has 0 aliphatic carbocycles. The highest BCUT2D eigenvalue weighted by Crippen LogP contribution is 1.78. The molecule has 0 atom stereocenters. The SMILES string of the molecule is C=COCCOC(C)=O.CC(=O)O. The zero-order chi connectivity index (χ0) is 10.7. The molecule has 0 bridgehead atoms. The Morgan fingerprint density at radius 3 is 2.15 bits per heavy atom. The van der Waals surface area contributed by atoms with Crippen molar-refractivity contribution in [1.82, 2.24) is 0 Å². The fraction of sp³-hybridized carbons (Fsp3) is 0.500. The van der Waals surface area contributed by atoms with Crippen molar-refractivity contribution in [2.45, 2.75) is 13.8 Å². The van der Waals surface area contributed by atoms with Crippen molar-refractivity contribution in [2.75, 3.05) is 13.2 Å². The van der Waals surface area contributed by atoms with Gasteiger partial charge in [-0.2, -0.15) is 0 Å². The van der Waals surface area contributed by atoms with Crippen molar-refractivity contribution in [2.24, 2.45) is 0 Å². The van der Waals surface area contributed by atoms with Gasteiger partial charge in [-0.05, 0) is 0 Å². The standard InChI is InChI=1S/C6H10O3.C2H4O2/c1-3-8-4-5-9-6(2)7;1-2(3)4/h3H,1,4-5H2,2H3;1H3,(H,3,4). The number of esters is 1. The molecule has 0 radical (unpaired) electrons. The Bertz CT molecular complexity index is 160. The molecule has 0 saturated carbocycles. The summed E-state index contributed by atoms with van der Waals surface area (Å²) in [4.78, 5) is 19.1. The fourth-order valence-electron chi connectivity index (χ4n) is 0.317. The first-order valence-corrected chi connectivity index (χ1v) is 3.56. The molecule has 5 nitrogen and oxygen atoms in total. The lowest BCUT2D eigenvalue weighted by Gasteiger charge is -1.99. The summed E-state index contributed by atoms with van der Waals surface area (Å²) in [6.07, 6.45) is 1.31. The molecule has 0 aliphatic rings. The van der Waals surface area contributed by atoms with E-state index < -0.39 is 5.97 Å². The maximum Gasteiger partial charge on any atom is 0.302 e. The molecule has 0 fully saturated rings. The molecule has 5 heteroatoms. The number of carbonyl (C=O) groups excluding carboxylic acids is 1. The van der Waals surface area contributed by atoms with Crippen LogP contribution in [0.2, 0.25) is 0 Å². The molecule has 0 heterocycles. The topological polar surface area (TPSA) is 72.8 Å². The zero-order valence-electron chi connectivity index (χ0n) is 7.78. The van der Waals surface area contributed by atoms with Crippen LogP contribution >= 0.6 is 0 Å². The summed E-state index contributed by atoms with van der Waals surface area (Å²) < 4.78 is 9.20. The third-order valence-corrected chi connectivity index (χ3v) is 0.624. The number of hydrogen-bond acceptors (Lipinski definition) is 4. The molecule has 0 aromatic rings. The first kappa shape index (κ1) is 14.0. The molecule has 0 aromatic heterocycles. The monoisotopic (exact) mass is 190 g/mol. The highest BCUT2D eigenvalue weighted by atomic mass is 16.6. The number of aliphatic carboxylic acids is 1. The Balaban J connectivity index is 0. The average molecular weight is 190 g/mol. The van der Waals surface area contributed by atoms with E-state index in [0.717, 1.165) is 6.92 Å². The van der Waals surface area contributed by atoms with Crippen LogP contribution in [0.3, 0.4) is 0 Å². The van der Waals surface area contributed by atoms with E-state index in [1.165, 1.54) is 13.2 Å². The van der Waals surface area contributed by atoms with Crippen molar-refractivity contribution in [3.63, 3.8) is 0 Å². The molecule has 0 saturated heterocycles. The largest absolute Gasteiger partial charge is 0.498 e. The van der Waals surface area contributed by atoms with Gasteiger partial charge in [-0.25, -0.2) is 0 Å². The molecule has 13 heavy (non-hydrogen) atoms. The second-order valence-electron chi connectivity index (χ2n) is 1.90. The summed E-state index contributed by atoms with van der Waals surface area (Å²) in [5.74, 6) is -1.12. The van der Waals surface area contributed by atoms with Gasteiger partial charge in [0.15, 0.2) is 0 Å². The molecule has 0 amide bonds. The molecular weight excluding hydrogens is 176 g/mol. The van der Waals surface area contributed by atoms with Gasteiger partial charge < -0.3 is 14.6 Å². The highest BCUT2D eigenvalue weighted by molar-refractivity contribution is 5.65. The first-order valence-electron chi connectivity index (χ1n) is 3.56. The summed E-state index contributed by atoms with van der Waals surface area (Å²) in [5.41, 5.74) is 0.